The van der Waals surface area contributed by atoms with E-state index in [0.29, 0.717) is 36.6 Å². The Kier molecular flexibility index (Phi) is 4.25. The second kappa shape index (κ2) is 6.55. The van der Waals surface area contributed by atoms with Gasteiger partial charge >= 0.3 is 0 Å². The van der Waals surface area contributed by atoms with Crippen LogP contribution in [0.1, 0.15) is 35.7 Å². The van der Waals surface area contributed by atoms with Crippen LogP contribution in [-0.4, -0.2) is 51.4 Å². The summed E-state index contributed by atoms with van der Waals surface area (Å²) in [6.45, 7) is 3.98. The summed E-state index contributed by atoms with van der Waals surface area (Å²) in [5.74, 6) is 0.766. The van der Waals surface area contributed by atoms with Crippen LogP contribution in [0.2, 0.25) is 0 Å². The van der Waals surface area contributed by atoms with Gasteiger partial charge in [-0.15, -0.1) is 5.10 Å². The van der Waals surface area contributed by atoms with Crippen LogP contribution in [0.15, 0.2) is 24.3 Å². The molecule has 1 saturated carbocycles. The van der Waals surface area contributed by atoms with Crippen molar-refractivity contribution >= 4 is 5.91 Å². The standard InChI is InChI=1S/C18H21FN4O2/c1-12-20-17(21-23(12)16-4-2-14(19)3-5-16)18(24)22(15-6-7-15)10-13-8-9-25-11-13/h2-5,13,15H,6-11H2,1H3/t13-/m0/s1. The van der Waals surface area contributed by atoms with Gasteiger partial charge in [0, 0.05) is 25.1 Å². The van der Waals surface area contributed by atoms with E-state index < -0.39 is 0 Å². The summed E-state index contributed by atoms with van der Waals surface area (Å²) in [5.41, 5.74) is 0.688. The predicted molar refractivity (Wildman–Crippen MR) is 89.0 cm³/mol. The number of carbonyl (C=O) groups excluding carboxylic acids is 1. The Morgan fingerprint density at radius 1 is 1.32 bits per heavy atom. The van der Waals surface area contributed by atoms with Gasteiger partial charge in [-0.1, -0.05) is 0 Å². The first-order chi connectivity index (χ1) is 12.1. The Bertz CT molecular complexity index is 764. The molecule has 6 nitrogen and oxygen atoms in total. The molecule has 1 saturated heterocycles. The monoisotopic (exact) mass is 344 g/mol. The molecule has 0 N–H and O–H groups in total. The van der Waals surface area contributed by atoms with E-state index in [9.17, 15) is 9.18 Å². The van der Waals surface area contributed by atoms with Crippen LogP contribution in [0, 0.1) is 18.7 Å². The van der Waals surface area contributed by atoms with Crippen LogP contribution < -0.4 is 0 Å². The first-order valence-electron chi connectivity index (χ1n) is 8.70. The van der Waals surface area contributed by atoms with Crippen molar-refractivity contribution in [3.05, 3.63) is 41.7 Å². The molecule has 25 heavy (non-hydrogen) atoms. The predicted octanol–water partition coefficient (Wildman–Crippen LogP) is 2.36. The Morgan fingerprint density at radius 3 is 2.72 bits per heavy atom. The van der Waals surface area contributed by atoms with Gasteiger partial charge in [0.15, 0.2) is 0 Å². The maximum Gasteiger partial charge on any atom is 0.293 e. The second-order valence-electron chi connectivity index (χ2n) is 6.79. The zero-order valence-corrected chi connectivity index (χ0v) is 14.2. The van der Waals surface area contributed by atoms with Gasteiger partial charge in [0.05, 0.1) is 12.3 Å². The smallest absolute Gasteiger partial charge is 0.293 e. The van der Waals surface area contributed by atoms with Crippen LogP contribution in [0.25, 0.3) is 5.69 Å². The second-order valence-corrected chi connectivity index (χ2v) is 6.79. The topological polar surface area (TPSA) is 60.3 Å². The van der Waals surface area contributed by atoms with Gasteiger partial charge in [-0.25, -0.2) is 14.1 Å². The number of ether oxygens (including phenoxy) is 1. The summed E-state index contributed by atoms with van der Waals surface area (Å²) in [7, 11) is 0. The molecular weight excluding hydrogens is 323 g/mol. The number of hydrogen-bond acceptors (Lipinski definition) is 4. The highest BCUT2D eigenvalue weighted by Crippen LogP contribution is 2.30. The molecule has 2 aliphatic rings. The molecule has 1 aromatic heterocycles. The molecule has 1 atom stereocenters. The minimum absolute atomic E-state index is 0.127. The largest absolute Gasteiger partial charge is 0.381 e. The van der Waals surface area contributed by atoms with E-state index in [0.717, 1.165) is 25.9 Å². The quantitative estimate of drug-likeness (QED) is 0.835. The maximum atomic E-state index is 13.1. The lowest BCUT2D eigenvalue weighted by Gasteiger charge is -2.23. The number of halogens is 1. The number of aryl methyl sites for hydroxylation is 1. The van der Waals surface area contributed by atoms with E-state index in [1.54, 1.807) is 23.7 Å². The number of rotatable bonds is 5. The minimum atomic E-state index is -0.309. The Balaban J connectivity index is 1.56. The van der Waals surface area contributed by atoms with Gasteiger partial charge in [-0.2, -0.15) is 0 Å². The van der Waals surface area contributed by atoms with E-state index in [1.165, 1.54) is 12.1 Å². The molecule has 1 amide bonds. The zero-order chi connectivity index (χ0) is 17.4. The summed E-state index contributed by atoms with van der Waals surface area (Å²) < 4.78 is 20.1. The summed E-state index contributed by atoms with van der Waals surface area (Å²) >= 11 is 0. The molecule has 1 aliphatic carbocycles. The number of hydrogen-bond donors (Lipinski definition) is 0. The van der Waals surface area contributed by atoms with E-state index in [4.69, 9.17) is 4.74 Å². The Morgan fingerprint density at radius 2 is 2.08 bits per heavy atom. The molecular formula is C18H21FN4O2. The Hall–Kier alpha value is -2.28. The number of nitrogens with zero attached hydrogens (tertiary/aromatic N) is 4. The highest BCUT2D eigenvalue weighted by molar-refractivity contribution is 5.91. The third-order valence-electron chi connectivity index (χ3n) is 4.76. The molecule has 0 spiro atoms. The van der Waals surface area contributed by atoms with Gasteiger partial charge < -0.3 is 9.64 Å². The van der Waals surface area contributed by atoms with Crippen LogP contribution in [0.4, 0.5) is 4.39 Å². The first-order valence-corrected chi connectivity index (χ1v) is 8.70. The Labute approximate surface area is 145 Å². The number of benzene rings is 1. The molecule has 1 aromatic carbocycles. The third-order valence-corrected chi connectivity index (χ3v) is 4.76. The number of aromatic nitrogens is 3. The molecule has 4 rings (SSSR count). The number of amides is 1. The van der Waals surface area contributed by atoms with Crippen molar-refractivity contribution in [2.75, 3.05) is 19.8 Å². The lowest BCUT2D eigenvalue weighted by atomic mass is 10.1. The van der Waals surface area contributed by atoms with Gasteiger partial charge in [0.2, 0.25) is 5.82 Å². The summed E-state index contributed by atoms with van der Waals surface area (Å²) in [6.07, 6.45) is 3.07. The first kappa shape index (κ1) is 16.2. The third kappa shape index (κ3) is 3.42. The molecule has 0 unspecified atom stereocenters. The lowest BCUT2D eigenvalue weighted by molar-refractivity contribution is 0.0694. The van der Waals surface area contributed by atoms with Crippen LogP contribution >= 0.6 is 0 Å². The van der Waals surface area contributed by atoms with E-state index in [1.807, 2.05) is 4.90 Å². The van der Waals surface area contributed by atoms with Crippen LogP contribution in [0.3, 0.4) is 0 Å². The minimum Gasteiger partial charge on any atom is -0.381 e. The van der Waals surface area contributed by atoms with Crippen molar-refractivity contribution in [1.29, 1.82) is 0 Å². The van der Waals surface area contributed by atoms with Crippen molar-refractivity contribution in [3.8, 4) is 5.69 Å². The summed E-state index contributed by atoms with van der Waals surface area (Å²) in [5, 5.41) is 4.38. The summed E-state index contributed by atoms with van der Waals surface area (Å²) in [6, 6.07) is 6.29. The normalized spacial score (nSPS) is 20.0. The molecule has 1 aliphatic heterocycles. The van der Waals surface area contributed by atoms with Crippen LogP contribution in [0.5, 0.6) is 0 Å². The van der Waals surface area contributed by atoms with Crippen molar-refractivity contribution in [3.63, 3.8) is 0 Å². The average Bonchev–Trinajstić information content (AvgIpc) is 3.17. The van der Waals surface area contributed by atoms with Crippen molar-refractivity contribution in [2.24, 2.45) is 5.92 Å². The molecule has 0 radical (unpaired) electrons. The highest BCUT2D eigenvalue weighted by Gasteiger charge is 2.36. The molecule has 0 bridgehead atoms. The van der Waals surface area contributed by atoms with Crippen molar-refractivity contribution in [1.82, 2.24) is 19.7 Å². The molecule has 2 fully saturated rings. The molecule has 132 valence electrons. The summed E-state index contributed by atoms with van der Waals surface area (Å²) in [4.78, 5) is 19.2. The fraction of sp³-hybridized carbons (Fsp3) is 0.500. The fourth-order valence-corrected chi connectivity index (χ4v) is 3.23. The van der Waals surface area contributed by atoms with Crippen LogP contribution in [-0.2, 0) is 4.74 Å². The van der Waals surface area contributed by atoms with Gasteiger partial charge in [0.1, 0.15) is 11.6 Å². The van der Waals surface area contributed by atoms with E-state index >= 15 is 0 Å². The van der Waals surface area contributed by atoms with E-state index in [2.05, 4.69) is 10.1 Å². The zero-order valence-electron chi connectivity index (χ0n) is 14.2. The van der Waals surface area contributed by atoms with Gasteiger partial charge in [0.25, 0.3) is 5.91 Å². The fourth-order valence-electron chi connectivity index (χ4n) is 3.23. The number of carbonyl (C=O) groups is 1. The molecule has 2 aromatic rings. The van der Waals surface area contributed by atoms with Gasteiger partial charge in [-0.05, 0) is 50.5 Å². The lowest BCUT2D eigenvalue weighted by Crippen LogP contribution is -2.38. The SMILES string of the molecule is Cc1nc(C(=O)N(C[C@@H]2CCOC2)C2CC2)nn1-c1ccc(F)cc1. The molecule has 2 heterocycles. The maximum absolute atomic E-state index is 13.1. The highest BCUT2D eigenvalue weighted by atomic mass is 19.1. The van der Waals surface area contributed by atoms with Gasteiger partial charge in [-0.3, -0.25) is 4.79 Å². The van der Waals surface area contributed by atoms with E-state index in [-0.39, 0.29) is 17.5 Å². The average molecular weight is 344 g/mol. The molecule has 7 heteroatoms. The van der Waals surface area contributed by atoms with Crippen molar-refractivity contribution < 1.29 is 13.9 Å². The van der Waals surface area contributed by atoms with Crippen molar-refractivity contribution in [2.45, 2.75) is 32.2 Å².